The fourth-order valence-electron chi connectivity index (χ4n) is 1.42. The van der Waals surface area contributed by atoms with E-state index in [1.54, 1.807) is 0 Å². The van der Waals surface area contributed by atoms with E-state index in [-0.39, 0.29) is 18.1 Å². The first-order valence-electron chi connectivity index (χ1n) is 6.08. The highest BCUT2D eigenvalue weighted by atomic mass is 16.5. The van der Waals surface area contributed by atoms with E-state index in [0.29, 0.717) is 6.61 Å². The van der Waals surface area contributed by atoms with Gasteiger partial charge in [0.15, 0.2) is 0 Å². The number of carbonyl (C=O) groups is 1. The highest BCUT2D eigenvalue weighted by molar-refractivity contribution is 5.75. The van der Waals surface area contributed by atoms with Crippen molar-refractivity contribution < 1.29 is 14.3 Å². The minimum Gasteiger partial charge on any atom is -0.468 e. The summed E-state index contributed by atoms with van der Waals surface area (Å²) in [6.07, 6.45) is 3.28. The van der Waals surface area contributed by atoms with E-state index in [9.17, 15) is 4.79 Å². The number of ether oxygens (including phenoxy) is 2. The Balaban J connectivity index is 3.95. The molecule has 0 saturated heterocycles. The summed E-state index contributed by atoms with van der Waals surface area (Å²) in [7, 11) is 1.40. The number of nitrogens with one attached hydrogen (secondary N) is 1. The van der Waals surface area contributed by atoms with Gasteiger partial charge in [-0.05, 0) is 26.3 Å². The van der Waals surface area contributed by atoms with E-state index in [1.807, 2.05) is 6.92 Å². The van der Waals surface area contributed by atoms with Crippen LogP contribution in [0.3, 0.4) is 0 Å². The highest BCUT2D eigenvalue weighted by Gasteiger charge is 2.19. The van der Waals surface area contributed by atoms with Crippen LogP contribution in [0.25, 0.3) is 0 Å². The lowest BCUT2D eigenvalue weighted by molar-refractivity contribution is -0.145. The SMILES string of the molecule is CCCNC(COC(C)CCC)C(=O)OC. The molecule has 0 fully saturated rings. The molecule has 0 aliphatic heterocycles. The maximum absolute atomic E-state index is 11.4. The van der Waals surface area contributed by atoms with Gasteiger partial charge in [0.1, 0.15) is 6.04 Å². The molecule has 16 heavy (non-hydrogen) atoms. The average Bonchev–Trinajstić information content (AvgIpc) is 2.28. The predicted octanol–water partition coefficient (Wildman–Crippen LogP) is 1.73. The Labute approximate surface area is 98.7 Å². The summed E-state index contributed by atoms with van der Waals surface area (Å²) in [6.45, 7) is 7.38. The van der Waals surface area contributed by atoms with Crippen LogP contribution in [0.5, 0.6) is 0 Å². The van der Waals surface area contributed by atoms with Crippen LogP contribution >= 0.6 is 0 Å². The van der Waals surface area contributed by atoms with Gasteiger partial charge in [-0.1, -0.05) is 20.3 Å². The van der Waals surface area contributed by atoms with Crippen molar-refractivity contribution in [3.8, 4) is 0 Å². The second kappa shape index (κ2) is 9.60. The summed E-state index contributed by atoms with van der Waals surface area (Å²) in [4.78, 5) is 11.4. The molecule has 4 nitrogen and oxygen atoms in total. The molecule has 0 aromatic rings. The van der Waals surface area contributed by atoms with Gasteiger partial charge < -0.3 is 14.8 Å². The van der Waals surface area contributed by atoms with E-state index in [0.717, 1.165) is 25.8 Å². The van der Waals surface area contributed by atoms with Crippen molar-refractivity contribution in [3.05, 3.63) is 0 Å². The van der Waals surface area contributed by atoms with Crippen LogP contribution in [0, 0.1) is 0 Å². The smallest absolute Gasteiger partial charge is 0.325 e. The van der Waals surface area contributed by atoms with Gasteiger partial charge in [0.05, 0.1) is 19.8 Å². The standard InChI is InChI=1S/C12H25NO3/c1-5-7-10(3)16-9-11(12(14)15-4)13-8-6-2/h10-11,13H,5-9H2,1-4H3. The molecule has 0 saturated carbocycles. The first-order valence-corrected chi connectivity index (χ1v) is 6.08. The van der Waals surface area contributed by atoms with Crippen molar-refractivity contribution in [1.82, 2.24) is 5.32 Å². The van der Waals surface area contributed by atoms with Crippen molar-refractivity contribution >= 4 is 5.97 Å². The van der Waals surface area contributed by atoms with Gasteiger partial charge in [-0.2, -0.15) is 0 Å². The Morgan fingerprint density at radius 2 is 2.00 bits per heavy atom. The number of carbonyl (C=O) groups excluding carboxylic acids is 1. The number of rotatable bonds is 9. The fourth-order valence-corrected chi connectivity index (χ4v) is 1.42. The number of esters is 1. The van der Waals surface area contributed by atoms with Gasteiger partial charge in [-0.15, -0.1) is 0 Å². The summed E-state index contributed by atoms with van der Waals surface area (Å²) in [6, 6.07) is -0.343. The van der Waals surface area contributed by atoms with Crippen molar-refractivity contribution in [2.75, 3.05) is 20.3 Å². The van der Waals surface area contributed by atoms with Crippen molar-refractivity contribution in [3.63, 3.8) is 0 Å². The lowest BCUT2D eigenvalue weighted by atomic mass is 10.2. The molecule has 0 aliphatic carbocycles. The number of hydrogen-bond donors (Lipinski definition) is 1. The molecule has 0 aromatic heterocycles. The molecule has 96 valence electrons. The van der Waals surface area contributed by atoms with E-state index in [1.165, 1.54) is 7.11 Å². The molecule has 0 aliphatic rings. The molecular weight excluding hydrogens is 206 g/mol. The molecule has 0 spiro atoms. The molecule has 0 heterocycles. The third-order valence-corrected chi connectivity index (χ3v) is 2.37. The molecule has 1 N–H and O–H groups in total. The summed E-state index contributed by atoms with van der Waals surface area (Å²) in [5.74, 6) is -0.253. The van der Waals surface area contributed by atoms with Crippen molar-refractivity contribution in [1.29, 1.82) is 0 Å². The third kappa shape index (κ3) is 6.80. The second-order valence-corrected chi connectivity index (χ2v) is 3.96. The topological polar surface area (TPSA) is 47.6 Å². The highest BCUT2D eigenvalue weighted by Crippen LogP contribution is 2.02. The maximum atomic E-state index is 11.4. The van der Waals surface area contributed by atoms with E-state index in [4.69, 9.17) is 9.47 Å². The molecule has 0 aromatic carbocycles. The quantitative estimate of drug-likeness (QED) is 0.614. The molecule has 4 heteroatoms. The molecule has 2 unspecified atom stereocenters. The minimum atomic E-state index is -0.343. The Hall–Kier alpha value is -0.610. The summed E-state index contributed by atoms with van der Waals surface area (Å²) in [5.41, 5.74) is 0. The normalized spacial score (nSPS) is 14.5. The molecule has 0 bridgehead atoms. The van der Waals surface area contributed by atoms with Crippen LogP contribution in [0.2, 0.25) is 0 Å². The van der Waals surface area contributed by atoms with Crippen LogP contribution in [-0.2, 0) is 14.3 Å². The Kier molecular flexibility index (Phi) is 9.24. The minimum absolute atomic E-state index is 0.195. The third-order valence-electron chi connectivity index (χ3n) is 2.37. The van der Waals surface area contributed by atoms with Gasteiger partial charge in [-0.25, -0.2) is 0 Å². The van der Waals surface area contributed by atoms with Gasteiger partial charge in [0.2, 0.25) is 0 Å². The Bertz CT molecular complexity index is 185. The molecule has 0 amide bonds. The predicted molar refractivity (Wildman–Crippen MR) is 64.4 cm³/mol. The monoisotopic (exact) mass is 231 g/mol. The zero-order chi connectivity index (χ0) is 12.4. The molecule has 2 atom stereocenters. The number of methoxy groups -OCH3 is 1. The molecule has 0 rings (SSSR count). The van der Waals surface area contributed by atoms with Crippen LogP contribution in [-0.4, -0.2) is 38.4 Å². The van der Waals surface area contributed by atoms with Gasteiger partial charge in [0.25, 0.3) is 0 Å². The summed E-state index contributed by atoms with van der Waals surface area (Å²) < 4.78 is 10.3. The Morgan fingerprint density at radius 1 is 1.31 bits per heavy atom. The first kappa shape index (κ1) is 15.4. The van der Waals surface area contributed by atoms with Crippen LogP contribution in [0.1, 0.15) is 40.0 Å². The van der Waals surface area contributed by atoms with Gasteiger partial charge in [0, 0.05) is 0 Å². The zero-order valence-corrected chi connectivity index (χ0v) is 10.9. The van der Waals surface area contributed by atoms with Gasteiger partial charge in [-0.3, -0.25) is 4.79 Å². The average molecular weight is 231 g/mol. The van der Waals surface area contributed by atoms with Crippen molar-refractivity contribution in [2.24, 2.45) is 0 Å². The van der Waals surface area contributed by atoms with Crippen LogP contribution in [0.15, 0.2) is 0 Å². The lowest BCUT2D eigenvalue weighted by Gasteiger charge is -2.19. The van der Waals surface area contributed by atoms with E-state index >= 15 is 0 Å². The van der Waals surface area contributed by atoms with E-state index in [2.05, 4.69) is 19.2 Å². The van der Waals surface area contributed by atoms with E-state index < -0.39 is 0 Å². The maximum Gasteiger partial charge on any atom is 0.325 e. The first-order chi connectivity index (χ1) is 7.65. The fraction of sp³-hybridized carbons (Fsp3) is 0.917. The summed E-state index contributed by atoms with van der Waals surface area (Å²) >= 11 is 0. The lowest BCUT2D eigenvalue weighted by Crippen LogP contribution is -2.42. The van der Waals surface area contributed by atoms with Gasteiger partial charge >= 0.3 is 5.97 Å². The zero-order valence-electron chi connectivity index (χ0n) is 10.9. The Morgan fingerprint density at radius 3 is 2.50 bits per heavy atom. The number of hydrogen-bond acceptors (Lipinski definition) is 4. The van der Waals surface area contributed by atoms with Crippen LogP contribution < -0.4 is 5.32 Å². The molecular formula is C12H25NO3. The largest absolute Gasteiger partial charge is 0.468 e. The van der Waals surface area contributed by atoms with Crippen LogP contribution in [0.4, 0.5) is 0 Å². The summed E-state index contributed by atoms with van der Waals surface area (Å²) in [5, 5.41) is 3.12. The molecule has 0 radical (unpaired) electrons. The second-order valence-electron chi connectivity index (χ2n) is 3.96. The van der Waals surface area contributed by atoms with Crippen molar-refractivity contribution in [2.45, 2.75) is 52.2 Å².